The van der Waals surface area contributed by atoms with Crippen LogP contribution in [-0.2, 0) is 10.0 Å². The lowest BCUT2D eigenvalue weighted by Crippen LogP contribution is -2.40. The molecule has 3 heterocycles. The van der Waals surface area contributed by atoms with Gasteiger partial charge in [-0.2, -0.15) is 0 Å². The maximum Gasteiger partial charge on any atom is 0.276 e. The van der Waals surface area contributed by atoms with Crippen LogP contribution in [0.4, 0.5) is 31.7 Å². The predicted molar refractivity (Wildman–Crippen MR) is 140 cm³/mol. The fourth-order valence-corrected chi connectivity index (χ4v) is 5.91. The minimum Gasteiger partial charge on any atom is -0.395 e. The van der Waals surface area contributed by atoms with Crippen molar-refractivity contribution >= 4 is 38.8 Å². The van der Waals surface area contributed by atoms with Gasteiger partial charge in [0.1, 0.15) is 11.5 Å². The molecule has 1 aliphatic carbocycles. The molecule has 0 radical (unpaired) electrons. The minimum atomic E-state index is -3.72. The molecule has 3 fully saturated rings. The third-order valence-corrected chi connectivity index (χ3v) is 8.94. The van der Waals surface area contributed by atoms with Gasteiger partial charge in [-0.3, -0.25) is 14.5 Å². The van der Waals surface area contributed by atoms with Gasteiger partial charge < -0.3 is 20.2 Å². The lowest BCUT2D eigenvalue weighted by molar-refractivity contribution is -0.0221. The van der Waals surface area contributed by atoms with E-state index in [1.54, 1.807) is 23.1 Å². The first-order chi connectivity index (χ1) is 18.1. The Balaban J connectivity index is 1.36. The SMILES string of the molecule is O=C(Nc1ccc(NS(=O)(=O)CCO)cc1N1CCC2(CC1)CC2)c1cncc(N2CCC(F)(F)CC2)n1. The number of anilines is 4. The Morgan fingerprint density at radius 1 is 1.00 bits per heavy atom. The van der Waals surface area contributed by atoms with Gasteiger partial charge in [-0.25, -0.2) is 22.2 Å². The second-order valence-electron chi connectivity index (χ2n) is 10.4. The van der Waals surface area contributed by atoms with Crippen LogP contribution in [0.3, 0.4) is 0 Å². The number of nitrogens with one attached hydrogen (secondary N) is 2. The molecule has 1 amide bonds. The minimum absolute atomic E-state index is 0.0501. The van der Waals surface area contributed by atoms with Gasteiger partial charge in [0.2, 0.25) is 10.0 Å². The van der Waals surface area contributed by atoms with Gasteiger partial charge >= 0.3 is 0 Å². The molecule has 10 nitrogen and oxygen atoms in total. The smallest absolute Gasteiger partial charge is 0.276 e. The predicted octanol–water partition coefficient (Wildman–Crippen LogP) is 3.08. The Labute approximate surface area is 220 Å². The molecule has 5 rings (SSSR count). The zero-order valence-electron chi connectivity index (χ0n) is 21.0. The number of alkyl halides is 2. The second kappa shape index (κ2) is 10.3. The average Bonchev–Trinajstić information content (AvgIpc) is 3.64. The number of aliphatic hydroxyl groups is 1. The number of halogens is 2. The van der Waals surface area contributed by atoms with Gasteiger partial charge in [0, 0.05) is 39.0 Å². The maximum absolute atomic E-state index is 13.6. The highest BCUT2D eigenvalue weighted by atomic mass is 32.2. The van der Waals surface area contributed by atoms with Crippen LogP contribution in [0.15, 0.2) is 30.6 Å². The fourth-order valence-electron chi connectivity index (χ4n) is 5.08. The first-order valence-corrected chi connectivity index (χ1v) is 14.5. The van der Waals surface area contributed by atoms with Crippen LogP contribution in [0.1, 0.15) is 49.0 Å². The number of rotatable bonds is 8. The van der Waals surface area contributed by atoms with Crippen LogP contribution in [0.2, 0.25) is 0 Å². The van der Waals surface area contributed by atoms with E-state index in [1.807, 2.05) is 0 Å². The molecule has 1 aromatic carbocycles. The summed E-state index contributed by atoms with van der Waals surface area (Å²) in [6.07, 6.45) is 6.75. The molecule has 2 saturated heterocycles. The maximum atomic E-state index is 13.6. The molecular formula is C25H32F2N6O4S. The number of piperidine rings is 2. The molecule has 0 bridgehead atoms. The van der Waals surface area contributed by atoms with Gasteiger partial charge in [0.15, 0.2) is 0 Å². The van der Waals surface area contributed by atoms with E-state index in [-0.39, 0.29) is 31.6 Å². The second-order valence-corrected chi connectivity index (χ2v) is 12.3. The van der Waals surface area contributed by atoms with Gasteiger partial charge in [-0.05, 0) is 49.3 Å². The molecule has 206 valence electrons. The van der Waals surface area contributed by atoms with Crippen LogP contribution >= 0.6 is 0 Å². The lowest BCUT2D eigenvalue weighted by atomic mass is 9.93. The number of hydrogen-bond acceptors (Lipinski definition) is 8. The molecule has 2 aliphatic heterocycles. The number of carbonyl (C=O) groups excluding carboxylic acids is 1. The zero-order chi connectivity index (χ0) is 27.0. The Bertz CT molecular complexity index is 1280. The van der Waals surface area contributed by atoms with Crippen molar-refractivity contribution in [3.05, 3.63) is 36.3 Å². The van der Waals surface area contributed by atoms with E-state index in [4.69, 9.17) is 5.11 Å². The number of aromatic nitrogens is 2. The summed E-state index contributed by atoms with van der Waals surface area (Å²) in [6, 6.07) is 4.87. The molecular weight excluding hydrogens is 518 g/mol. The van der Waals surface area contributed by atoms with Crippen molar-refractivity contribution in [2.45, 2.75) is 44.4 Å². The highest BCUT2D eigenvalue weighted by Gasteiger charge is 2.44. The summed E-state index contributed by atoms with van der Waals surface area (Å²) in [7, 11) is -3.72. The van der Waals surface area contributed by atoms with E-state index in [2.05, 4.69) is 24.9 Å². The molecule has 3 N–H and O–H groups in total. The number of aliphatic hydroxyl groups excluding tert-OH is 1. The summed E-state index contributed by atoms with van der Waals surface area (Å²) in [6.45, 7) is 1.32. The normalized spacial score (nSPS) is 20.3. The van der Waals surface area contributed by atoms with Crippen LogP contribution in [0, 0.1) is 5.41 Å². The van der Waals surface area contributed by atoms with Crippen LogP contribution in [0.25, 0.3) is 0 Å². The molecule has 2 aromatic rings. The number of sulfonamides is 1. The van der Waals surface area contributed by atoms with Crippen molar-refractivity contribution in [1.82, 2.24) is 9.97 Å². The topological polar surface area (TPSA) is 128 Å². The number of nitrogens with zero attached hydrogens (tertiary/aromatic N) is 4. The van der Waals surface area contributed by atoms with E-state index in [0.717, 1.165) is 25.9 Å². The van der Waals surface area contributed by atoms with Crippen molar-refractivity contribution in [3.63, 3.8) is 0 Å². The molecule has 1 aromatic heterocycles. The van der Waals surface area contributed by atoms with Gasteiger partial charge in [0.25, 0.3) is 11.8 Å². The number of hydrogen-bond donors (Lipinski definition) is 3. The highest BCUT2D eigenvalue weighted by molar-refractivity contribution is 7.92. The molecule has 1 spiro atoms. The summed E-state index contributed by atoms with van der Waals surface area (Å²) in [5, 5.41) is 11.9. The van der Waals surface area contributed by atoms with E-state index < -0.39 is 34.2 Å². The summed E-state index contributed by atoms with van der Waals surface area (Å²) in [5.41, 5.74) is 1.99. The van der Waals surface area contributed by atoms with E-state index in [9.17, 15) is 22.0 Å². The molecule has 38 heavy (non-hydrogen) atoms. The summed E-state index contributed by atoms with van der Waals surface area (Å²) in [5.74, 6) is -3.25. The van der Waals surface area contributed by atoms with Gasteiger partial charge in [-0.15, -0.1) is 0 Å². The lowest BCUT2D eigenvalue weighted by Gasteiger charge is -2.35. The van der Waals surface area contributed by atoms with Gasteiger partial charge in [-0.1, -0.05) is 0 Å². The Kier molecular flexibility index (Phi) is 7.16. The summed E-state index contributed by atoms with van der Waals surface area (Å²) in [4.78, 5) is 25.5. The van der Waals surface area contributed by atoms with E-state index in [1.165, 1.54) is 25.2 Å². The number of benzene rings is 1. The summed E-state index contributed by atoms with van der Waals surface area (Å²) >= 11 is 0. The summed E-state index contributed by atoms with van der Waals surface area (Å²) < 4.78 is 54.0. The first-order valence-electron chi connectivity index (χ1n) is 12.8. The van der Waals surface area contributed by atoms with Crippen LogP contribution in [0.5, 0.6) is 0 Å². The molecule has 0 unspecified atom stereocenters. The number of amides is 1. The van der Waals surface area contributed by atoms with Crippen LogP contribution in [-0.4, -0.2) is 73.9 Å². The molecule has 0 atom stereocenters. The monoisotopic (exact) mass is 550 g/mol. The quantitative estimate of drug-likeness (QED) is 0.458. The van der Waals surface area contributed by atoms with Crippen molar-refractivity contribution in [3.8, 4) is 0 Å². The Morgan fingerprint density at radius 2 is 1.68 bits per heavy atom. The fraction of sp³-hybridized carbons (Fsp3) is 0.560. The molecule has 3 aliphatic rings. The van der Waals surface area contributed by atoms with E-state index >= 15 is 0 Å². The molecule has 13 heteroatoms. The van der Waals surface area contributed by atoms with Crippen molar-refractivity contribution < 1.29 is 27.1 Å². The molecule has 1 saturated carbocycles. The highest BCUT2D eigenvalue weighted by Crippen LogP contribution is 2.54. The Hall–Kier alpha value is -3.06. The largest absolute Gasteiger partial charge is 0.395 e. The van der Waals surface area contributed by atoms with Crippen molar-refractivity contribution in [2.75, 3.05) is 58.4 Å². The zero-order valence-corrected chi connectivity index (χ0v) is 21.8. The van der Waals surface area contributed by atoms with Crippen molar-refractivity contribution in [2.24, 2.45) is 5.41 Å². The number of carbonyl (C=O) groups is 1. The van der Waals surface area contributed by atoms with Crippen molar-refractivity contribution in [1.29, 1.82) is 0 Å². The van der Waals surface area contributed by atoms with E-state index in [0.29, 0.717) is 28.3 Å². The first kappa shape index (κ1) is 26.5. The van der Waals surface area contributed by atoms with Gasteiger partial charge in [0.05, 0.1) is 41.8 Å². The van der Waals surface area contributed by atoms with Crippen LogP contribution < -0.4 is 19.8 Å². The third kappa shape index (κ3) is 6.15. The standard InChI is InChI=1S/C25H32F2N6O4S/c26-25(27)7-11-33(12-8-25)22-17-28-16-20(29-22)23(35)30-19-2-1-18(31-38(36,37)14-13-34)15-21(19)32-9-5-24(3-4-24)6-10-32/h1-2,15-17,31,34H,3-14H2,(H,30,35). The third-order valence-electron chi connectivity index (χ3n) is 7.67. The average molecular weight is 551 g/mol. The Morgan fingerprint density at radius 3 is 2.34 bits per heavy atom.